The standard InChI is InChI=1S/C13H11N3O3/c1-9-8-15-19-12(9)13(18)16-11-7-10(3-2-6-17)4-5-14-11/h4-5,7-8,17H,6H2,1H3,(H,14,16,18). The molecule has 0 unspecified atom stereocenters. The van der Waals surface area contributed by atoms with Crippen molar-refractivity contribution in [3.63, 3.8) is 0 Å². The van der Waals surface area contributed by atoms with Gasteiger partial charge in [-0.3, -0.25) is 4.79 Å². The van der Waals surface area contributed by atoms with Crippen LogP contribution in [0.4, 0.5) is 5.82 Å². The van der Waals surface area contributed by atoms with Gasteiger partial charge in [-0.25, -0.2) is 4.98 Å². The Morgan fingerprint density at radius 2 is 2.42 bits per heavy atom. The number of nitrogens with zero attached hydrogens (tertiary/aromatic N) is 2. The molecule has 6 nitrogen and oxygen atoms in total. The molecule has 2 rings (SSSR count). The van der Waals surface area contributed by atoms with Crippen molar-refractivity contribution < 1.29 is 14.4 Å². The van der Waals surface area contributed by atoms with Crippen molar-refractivity contribution in [3.05, 3.63) is 41.4 Å². The molecule has 0 bridgehead atoms. The maximum Gasteiger partial charge on any atom is 0.295 e. The van der Waals surface area contributed by atoms with Crippen molar-refractivity contribution in [3.8, 4) is 11.8 Å². The molecule has 0 saturated heterocycles. The number of carbonyl (C=O) groups excluding carboxylic acids is 1. The van der Waals surface area contributed by atoms with E-state index >= 15 is 0 Å². The summed E-state index contributed by atoms with van der Waals surface area (Å²) in [7, 11) is 0. The maximum absolute atomic E-state index is 11.9. The molecule has 0 aliphatic carbocycles. The second-order valence-corrected chi connectivity index (χ2v) is 3.68. The van der Waals surface area contributed by atoms with Crippen molar-refractivity contribution in [2.75, 3.05) is 11.9 Å². The molecule has 2 heterocycles. The molecular formula is C13H11N3O3. The normalized spacial score (nSPS) is 9.58. The van der Waals surface area contributed by atoms with Crippen molar-refractivity contribution in [2.45, 2.75) is 6.92 Å². The third-order valence-corrected chi connectivity index (χ3v) is 2.27. The van der Waals surface area contributed by atoms with Gasteiger partial charge in [0.15, 0.2) is 0 Å². The predicted molar refractivity (Wildman–Crippen MR) is 67.4 cm³/mol. The minimum Gasteiger partial charge on any atom is -0.384 e. The number of hydrogen-bond acceptors (Lipinski definition) is 5. The molecule has 2 N–H and O–H groups in total. The third kappa shape index (κ3) is 3.18. The highest BCUT2D eigenvalue weighted by Gasteiger charge is 2.14. The number of amides is 1. The number of aromatic nitrogens is 2. The van der Waals surface area contributed by atoms with Crippen LogP contribution in [0.2, 0.25) is 0 Å². The molecule has 0 aromatic carbocycles. The van der Waals surface area contributed by atoms with Gasteiger partial charge in [0.1, 0.15) is 12.4 Å². The van der Waals surface area contributed by atoms with Gasteiger partial charge in [-0.05, 0) is 19.1 Å². The van der Waals surface area contributed by atoms with Gasteiger partial charge in [0.25, 0.3) is 5.91 Å². The fourth-order valence-electron chi connectivity index (χ4n) is 1.40. The fraction of sp³-hybridized carbons (Fsp3) is 0.154. The van der Waals surface area contributed by atoms with E-state index in [9.17, 15) is 4.79 Å². The van der Waals surface area contributed by atoms with Gasteiger partial charge in [-0.15, -0.1) is 0 Å². The Hall–Kier alpha value is -2.65. The van der Waals surface area contributed by atoms with Gasteiger partial charge in [-0.2, -0.15) is 0 Å². The van der Waals surface area contributed by atoms with E-state index in [1.54, 1.807) is 19.1 Å². The van der Waals surface area contributed by atoms with Crippen molar-refractivity contribution in [1.29, 1.82) is 0 Å². The molecule has 0 spiro atoms. The average Bonchev–Trinajstić information content (AvgIpc) is 2.83. The van der Waals surface area contributed by atoms with E-state index in [4.69, 9.17) is 9.63 Å². The van der Waals surface area contributed by atoms with E-state index in [2.05, 4.69) is 27.3 Å². The van der Waals surface area contributed by atoms with Crippen LogP contribution in [0.5, 0.6) is 0 Å². The molecule has 0 atom stereocenters. The van der Waals surface area contributed by atoms with Gasteiger partial charge >= 0.3 is 0 Å². The summed E-state index contributed by atoms with van der Waals surface area (Å²) >= 11 is 0. The van der Waals surface area contributed by atoms with Crippen molar-refractivity contribution in [2.24, 2.45) is 0 Å². The minimum absolute atomic E-state index is 0.147. The van der Waals surface area contributed by atoms with E-state index < -0.39 is 5.91 Å². The van der Waals surface area contributed by atoms with Crippen LogP contribution in [0.25, 0.3) is 0 Å². The first-order chi connectivity index (χ1) is 9.20. The van der Waals surface area contributed by atoms with Gasteiger partial charge in [0, 0.05) is 17.3 Å². The summed E-state index contributed by atoms with van der Waals surface area (Å²) < 4.78 is 4.84. The lowest BCUT2D eigenvalue weighted by Crippen LogP contribution is -2.13. The van der Waals surface area contributed by atoms with Crippen LogP contribution < -0.4 is 5.32 Å². The highest BCUT2D eigenvalue weighted by Crippen LogP contribution is 2.11. The molecule has 0 radical (unpaired) electrons. The third-order valence-electron chi connectivity index (χ3n) is 2.27. The fourth-order valence-corrected chi connectivity index (χ4v) is 1.40. The Morgan fingerprint density at radius 3 is 3.11 bits per heavy atom. The van der Waals surface area contributed by atoms with Crippen molar-refractivity contribution in [1.82, 2.24) is 10.1 Å². The summed E-state index contributed by atoms with van der Waals surface area (Å²) in [4.78, 5) is 15.9. The van der Waals surface area contributed by atoms with Crippen LogP contribution in [-0.4, -0.2) is 27.8 Å². The van der Waals surface area contributed by atoms with Crippen LogP contribution in [0.1, 0.15) is 21.7 Å². The van der Waals surface area contributed by atoms with E-state index in [0.29, 0.717) is 16.9 Å². The number of anilines is 1. The van der Waals surface area contributed by atoms with Gasteiger partial charge in [-0.1, -0.05) is 17.0 Å². The summed E-state index contributed by atoms with van der Waals surface area (Å²) in [5.41, 5.74) is 1.29. The molecule has 2 aromatic rings. The molecule has 0 aliphatic rings. The molecule has 0 saturated carbocycles. The lowest BCUT2D eigenvalue weighted by Gasteiger charge is -2.02. The van der Waals surface area contributed by atoms with Crippen LogP contribution in [0, 0.1) is 18.8 Å². The summed E-state index contributed by atoms with van der Waals surface area (Å²) in [6.45, 7) is 1.50. The molecule has 2 aromatic heterocycles. The van der Waals surface area contributed by atoms with Crippen LogP contribution in [0.3, 0.4) is 0 Å². The number of rotatable bonds is 2. The number of aryl methyl sites for hydroxylation is 1. The second-order valence-electron chi connectivity index (χ2n) is 3.68. The Bertz CT molecular complexity index is 652. The topological polar surface area (TPSA) is 88.2 Å². The molecule has 6 heteroatoms. The SMILES string of the molecule is Cc1cnoc1C(=O)Nc1cc(C#CCO)ccn1. The lowest BCUT2D eigenvalue weighted by atomic mass is 10.2. The summed E-state index contributed by atoms with van der Waals surface area (Å²) in [5, 5.41) is 14.7. The van der Waals surface area contributed by atoms with Crippen LogP contribution in [0.15, 0.2) is 29.0 Å². The molecule has 1 amide bonds. The first-order valence-electron chi connectivity index (χ1n) is 5.49. The molecule has 0 aliphatic heterocycles. The van der Waals surface area contributed by atoms with E-state index in [1.807, 2.05) is 0 Å². The first-order valence-corrected chi connectivity index (χ1v) is 5.49. The Balaban J connectivity index is 2.15. The van der Waals surface area contributed by atoms with Crippen LogP contribution >= 0.6 is 0 Å². The molecule has 19 heavy (non-hydrogen) atoms. The number of pyridine rings is 1. The van der Waals surface area contributed by atoms with Gasteiger partial charge < -0.3 is 14.9 Å². The Morgan fingerprint density at radius 1 is 1.58 bits per heavy atom. The lowest BCUT2D eigenvalue weighted by molar-refractivity contribution is 0.0986. The zero-order valence-electron chi connectivity index (χ0n) is 10.2. The number of aliphatic hydroxyl groups excluding tert-OH is 1. The summed E-state index contributed by atoms with van der Waals surface area (Å²) in [5.74, 6) is 5.32. The van der Waals surface area contributed by atoms with Gasteiger partial charge in [0.2, 0.25) is 5.76 Å². The Labute approximate surface area is 109 Å². The quantitative estimate of drug-likeness (QED) is 0.783. The van der Waals surface area contributed by atoms with Crippen LogP contribution in [-0.2, 0) is 0 Å². The number of hydrogen-bond donors (Lipinski definition) is 2. The van der Waals surface area contributed by atoms with E-state index in [1.165, 1.54) is 12.4 Å². The number of aliphatic hydroxyl groups is 1. The monoisotopic (exact) mass is 257 g/mol. The zero-order chi connectivity index (χ0) is 13.7. The average molecular weight is 257 g/mol. The molecule has 96 valence electrons. The Kier molecular flexibility index (Phi) is 3.90. The number of carbonyl (C=O) groups is 1. The van der Waals surface area contributed by atoms with E-state index in [0.717, 1.165) is 0 Å². The smallest absolute Gasteiger partial charge is 0.295 e. The largest absolute Gasteiger partial charge is 0.384 e. The number of nitrogens with one attached hydrogen (secondary N) is 1. The maximum atomic E-state index is 11.9. The molecular weight excluding hydrogens is 246 g/mol. The van der Waals surface area contributed by atoms with Crippen molar-refractivity contribution >= 4 is 11.7 Å². The molecule has 0 fully saturated rings. The summed E-state index contributed by atoms with van der Waals surface area (Å²) in [6, 6.07) is 3.28. The minimum atomic E-state index is -0.422. The van der Waals surface area contributed by atoms with E-state index in [-0.39, 0.29) is 12.4 Å². The highest BCUT2D eigenvalue weighted by atomic mass is 16.5. The second kappa shape index (κ2) is 5.80. The highest BCUT2D eigenvalue weighted by molar-refractivity contribution is 6.02. The predicted octanol–water partition coefficient (Wildman–Crippen LogP) is 0.974. The zero-order valence-corrected chi connectivity index (χ0v) is 10.2. The summed E-state index contributed by atoms with van der Waals surface area (Å²) in [6.07, 6.45) is 2.98. The first kappa shape index (κ1) is 12.8. The van der Waals surface area contributed by atoms with Gasteiger partial charge in [0.05, 0.1) is 6.20 Å².